The summed E-state index contributed by atoms with van der Waals surface area (Å²) in [4.78, 5) is 42.4. The molecule has 0 saturated carbocycles. The Kier molecular flexibility index (Phi) is 10.4. The number of para-hydroxylation sites is 1. The first-order chi connectivity index (χ1) is 21.7. The quantitative estimate of drug-likeness (QED) is 0.155. The smallest absolute Gasteiger partial charge is 0.349 e. The third kappa shape index (κ3) is 7.83. The van der Waals surface area contributed by atoms with Crippen LogP contribution in [0.3, 0.4) is 0 Å². The van der Waals surface area contributed by atoms with Crippen molar-refractivity contribution < 1.29 is 19.2 Å². The summed E-state index contributed by atoms with van der Waals surface area (Å²) >= 11 is 13.3. The summed E-state index contributed by atoms with van der Waals surface area (Å²) in [6.45, 7) is 3.80. The van der Waals surface area contributed by atoms with E-state index < -0.39 is 11.9 Å². The molecule has 0 atom stereocenters. The van der Waals surface area contributed by atoms with Crippen molar-refractivity contribution in [1.29, 1.82) is 0 Å². The van der Waals surface area contributed by atoms with Crippen molar-refractivity contribution in [3.05, 3.63) is 87.7 Å². The van der Waals surface area contributed by atoms with Crippen molar-refractivity contribution in [2.75, 3.05) is 42.2 Å². The number of nitrogens with two attached hydrogens (primary N) is 1. The van der Waals surface area contributed by atoms with Gasteiger partial charge in [0.15, 0.2) is 0 Å². The van der Waals surface area contributed by atoms with Crippen LogP contribution in [-0.2, 0) is 21.0 Å². The molecule has 1 saturated heterocycles. The van der Waals surface area contributed by atoms with Gasteiger partial charge in [0.2, 0.25) is 5.91 Å². The molecule has 234 valence electrons. The highest BCUT2D eigenvalue weighted by Gasteiger charge is 2.20. The van der Waals surface area contributed by atoms with Crippen LogP contribution in [0.1, 0.15) is 36.1 Å². The van der Waals surface area contributed by atoms with Gasteiger partial charge >= 0.3 is 5.97 Å². The van der Waals surface area contributed by atoms with Gasteiger partial charge in [-0.05, 0) is 74.2 Å². The Hall–Kier alpha value is -4.38. The Morgan fingerprint density at radius 3 is 2.67 bits per heavy atom. The average molecular weight is 650 g/mol. The minimum atomic E-state index is -0.688. The number of hydroxylamine groups is 1. The van der Waals surface area contributed by atoms with Crippen LogP contribution in [-0.4, -0.2) is 48.5 Å². The zero-order valence-electron chi connectivity index (χ0n) is 25.1. The molecule has 5 rings (SSSR count). The number of benzene rings is 2. The van der Waals surface area contributed by atoms with E-state index in [1.54, 1.807) is 31.3 Å². The number of hydrogen-bond acceptors (Lipinski definition) is 9. The van der Waals surface area contributed by atoms with Crippen molar-refractivity contribution in [3.63, 3.8) is 0 Å². The maximum atomic E-state index is 12.9. The minimum Gasteiger partial charge on any atom is -0.487 e. The van der Waals surface area contributed by atoms with E-state index in [0.717, 1.165) is 35.4 Å². The van der Waals surface area contributed by atoms with Gasteiger partial charge in [-0.2, -0.15) is 0 Å². The van der Waals surface area contributed by atoms with Crippen molar-refractivity contribution >= 4 is 69.2 Å². The summed E-state index contributed by atoms with van der Waals surface area (Å²) in [7, 11) is 1.57. The van der Waals surface area contributed by atoms with Crippen molar-refractivity contribution in [3.8, 4) is 5.75 Å². The highest BCUT2D eigenvalue weighted by atomic mass is 35.5. The number of carbonyl (C=O) groups excluding carboxylic acids is 2. The number of nitrogens with one attached hydrogen (secondary N) is 1. The maximum Gasteiger partial charge on any atom is 0.349 e. The number of fused-ring (bicyclic) bond motifs is 1. The number of likely N-dealkylation sites (N-methyl/N-ethyl adjacent to an activating group) is 1. The summed E-state index contributed by atoms with van der Waals surface area (Å²) in [5.41, 5.74) is 12.4. The number of anilines is 3. The minimum absolute atomic E-state index is 0.0625. The predicted octanol–water partition coefficient (Wildman–Crippen LogP) is 6.12. The molecule has 1 amide bonds. The van der Waals surface area contributed by atoms with Gasteiger partial charge in [-0.25, -0.2) is 14.8 Å². The number of nitrogens with zero attached hydrogens (tertiary/aromatic N) is 4. The van der Waals surface area contributed by atoms with Crippen molar-refractivity contribution in [2.24, 2.45) is 0 Å². The van der Waals surface area contributed by atoms with Crippen LogP contribution in [0.25, 0.3) is 17.0 Å². The normalized spacial score (nSPS) is 13.3. The molecule has 0 bridgehead atoms. The molecular formula is C33H34Cl2N6O4. The van der Waals surface area contributed by atoms with Crippen LogP contribution >= 0.6 is 23.2 Å². The maximum absolute atomic E-state index is 12.9. The van der Waals surface area contributed by atoms with E-state index in [1.807, 2.05) is 19.1 Å². The lowest BCUT2D eigenvalue weighted by atomic mass is 10.1. The molecule has 0 radical (unpaired) electrons. The summed E-state index contributed by atoms with van der Waals surface area (Å²) in [6.07, 6.45) is 7.84. The molecule has 10 nitrogen and oxygen atoms in total. The van der Waals surface area contributed by atoms with Gasteiger partial charge in [0, 0.05) is 59.8 Å². The van der Waals surface area contributed by atoms with E-state index in [1.165, 1.54) is 42.5 Å². The Labute approximate surface area is 271 Å². The largest absolute Gasteiger partial charge is 0.487 e. The second kappa shape index (κ2) is 14.6. The number of aryl methyl sites for hydroxylation is 1. The van der Waals surface area contributed by atoms with Gasteiger partial charge in [-0.1, -0.05) is 35.3 Å². The fourth-order valence-electron chi connectivity index (χ4n) is 5.10. The van der Waals surface area contributed by atoms with Crippen LogP contribution in [0, 0.1) is 6.92 Å². The van der Waals surface area contributed by atoms with E-state index in [2.05, 4.69) is 27.5 Å². The van der Waals surface area contributed by atoms with Gasteiger partial charge in [0.25, 0.3) is 0 Å². The summed E-state index contributed by atoms with van der Waals surface area (Å²) in [5, 5.41) is 1.70. The number of nitrogen functional groups attached to an aromatic ring is 1. The molecule has 0 spiro atoms. The molecular weight excluding hydrogens is 615 g/mol. The summed E-state index contributed by atoms with van der Waals surface area (Å²) in [6, 6.07) is 14.7. The molecule has 0 unspecified atom stereocenters. The van der Waals surface area contributed by atoms with E-state index in [0.29, 0.717) is 33.4 Å². The number of carbonyl (C=O) groups is 2. The molecule has 2 aromatic carbocycles. The molecule has 45 heavy (non-hydrogen) atoms. The lowest BCUT2D eigenvalue weighted by molar-refractivity contribution is -0.145. The number of ether oxygens (including phenoxy) is 1. The molecule has 0 aliphatic carbocycles. The number of pyridine rings is 2. The molecule has 2 aromatic heterocycles. The van der Waals surface area contributed by atoms with Gasteiger partial charge in [-0.3, -0.25) is 4.79 Å². The van der Waals surface area contributed by atoms with Crippen LogP contribution in [0.4, 0.5) is 17.2 Å². The number of piperidine rings is 1. The van der Waals surface area contributed by atoms with E-state index in [4.69, 9.17) is 43.5 Å². The van der Waals surface area contributed by atoms with Gasteiger partial charge < -0.3 is 25.1 Å². The van der Waals surface area contributed by atoms with Crippen LogP contribution < -0.4 is 25.8 Å². The topological polar surface area (TPSA) is 123 Å². The highest BCUT2D eigenvalue weighted by molar-refractivity contribution is 6.38. The molecule has 12 heteroatoms. The van der Waals surface area contributed by atoms with E-state index in [9.17, 15) is 9.59 Å². The molecule has 1 aliphatic heterocycles. The first kappa shape index (κ1) is 32.0. The highest BCUT2D eigenvalue weighted by Crippen LogP contribution is 2.37. The van der Waals surface area contributed by atoms with Gasteiger partial charge in [0.1, 0.15) is 30.2 Å². The fourth-order valence-corrected chi connectivity index (χ4v) is 5.71. The monoisotopic (exact) mass is 648 g/mol. The number of hydrogen-bond donors (Lipinski definition) is 2. The van der Waals surface area contributed by atoms with Crippen LogP contribution in [0.2, 0.25) is 10.0 Å². The number of aromatic nitrogens is 2. The zero-order chi connectivity index (χ0) is 31.9. The Bertz CT molecular complexity index is 1730. The Morgan fingerprint density at radius 1 is 1.11 bits per heavy atom. The SMILES string of the molecule is Cc1cc(N2CCCCC2)c2cccc(OCc3c(Cl)ccc(N(C)C(=O)CNOC(=O)C=Cc4ccc(N)nc4)c3Cl)c2n1. The lowest BCUT2D eigenvalue weighted by Crippen LogP contribution is -2.36. The number of amides is 1. The second-order valence-electron chi connectivity index (χ2n) is 10.7. The van der Waals surface area contributed by atoms with Gasteiger partial charge in [0.05, 0.1) is 10.7 Å². The van der Waals surface area contributed by atoms with Gasteiger partial charge in [-0.15, -0.1) is 5.48 Å². The number of rotatable bonds is 10. The third-order valence-corrected chi connectivity index (χ3v) is 8.27. The summed E-state index contributed by atoms with van der Waals surface area (Å²) in [5.74, 6) is -0.0977. The Balaban J connectivity index is 1.24. The second-order valence-corrected chi connectivity index (χ2v) is 11.5. The molecule has 4 aromatic rings. The zero-order valence-corrected chi connectivity index (χ0v) is 26.6. The summed E-state index contributed by atoms with van der Waals surface area (Å²) < 4.78 is 6.27. The molecule has 1 aliphatic rings. The molecule has 1 fully saturated rings. The number of halogens is 2. The van der Waals surface area contributed by atoms with E-state index in [-0.39, 0.29) is 18.2 Å². The van der Waals surface area contributed by atoms with E-state index >= 15 is 0 Å². The van der Waals surface area contributed by atoms with Crippen LogP contribution in [0.5, 0.6) is 5.75 Å². The predicted molar refractivity (Wildman–Crippen MR) is 179 cm³/mol. The first-order valence-corrected chi connectivity index (χ1v) is 15.3. The Morgan fingerprint density at radius 2 is 1.91 bits per heavy atom. The first-order valence-electron chi connectivity index (χ1n) is 14.6. The lowest BCUT2D eigenvalue weighted by Gasteiger charge is -2.30. The van der Waals surface area contributed by atoms with Crippen molar-refractivity contribution in [2.45, 2.75) is 32.8 Å². The molecule has 3 N–H and O–H groups in total. The third-order valence-electron chi connectivity index (χ3n) is 7.50. The molecule has 3 heterocycles. The fraction of sp³-hybridized carbons (Fsp3) is 0.273. The standard InChI is InChI=1S/C33H34Cl2N6O4/c1-21-17-27(41-15-4-3-5-16-41)23-7-6-8-28(33(23)39-21)44-20-24-25(34)11-12-26(32(24)35)40(2)30(42)19-38-45-31(43)14-10-22-9-13-29(36)37-18-22/h6-14,17-18,38H,3-5,15-16,19-20H2,1-2H3,(H2,36,37). The van der Waals surface area contributed by atoms with Crippen LogP contribution in [0.15, 0.2) is 60.8 Å². The average Bonchev–Trinajstić information content (AvgIpc) is 3.04. The van der Waals surface area contributed by atoms with Crippen molar-refractivity contribution in [1.82, 2.24) is 15.4 Å².